The molecule has 0 spiro atoms. The molecule has 0 amide bonds. The van der Waals surface area contributed by atoms with E-state index in [9.17, 15) is 0 Å². The van der Waals surface area contributed by atoms with Crippen LogP contribution in [0.15, 0.2) is 30.5 Å². The van der Waals surface area contributed by atoms with Crippen LogP contribution in [0.3, 0.4) is 0 Å². The van der Waals surface area contributed by atoms with E-state index in [-0.39, 0.29) is 0 Å². The average Bonchev–Trinajstić information content (AvgIpc) is 3.25. The zero-order chi connectivity index (χ0) is 15.0. The normalized spacial score (nSPS) is 17.7. The van der Waals surface area contributed by atoms with Gasteiger partial charge in [0.2, 0.25) is 0 Å². The highest BCUT2D eigenvalue weighted by atomic mass is 15.3. The van der Waals surface area contributed by atoms with Crippen molar-refractivity contribution in [3.05, 3.63) is 52.8 Å². The molecule has 1 aliphatic rings. The third-order valence-corrected chi connectivity index (χ3v) is 4.70. The van der Waals surface area contributed by atoms with Crippen molar-refractivity contribution in [3.8, 4) is 0 Å². The summed E-state index contributed by atoms with van der Waals surface area (Å²) in [5.74, 6) is 0.784. The summed E-state index contributed by atoms with van der Waals surface area (Å²) in [7, 11) is 2.00. The van der Waals surface area contributed by atoms with Crippen LogP contribution in [0.5, 0.6) is 0 Å². The van der Waals surface area contributed by atoms with Gasteiger partial charge in [-0.3, -0.25) is 4.68 Å². The first kappa shape index (κ1) is 14.3. The summed E-state index contributed by atoms with van der Waals surface area (Å²) in [6.45, 7) is 6.52. The molecule has 1 saturated carbocycles. The standard InChI is InChI=1S/C18H25N3/c1-12-5-7-15(8-6-12)18(16-9-10-16)20-13(2)17-11-19-21(4)14(17)3/h5-8,11,13,16,18,20H,9-10H2,1-4H3. The fraction of sp³-hybridized carbons (Fsp3) is 0.500. The van der Waals surface area contributed by atoms with E-state index in [2.05, 4.69) is 55.5 Å². The monoisotopic (exact) mass is 283 g/mol. The van der Waals surface area contributed by atoms with Gasteiger partial charge < -0.3 is 5.32 Å². The van der Waals surface area contributed by atoms with Gasteiger partial charge in [0, 0.05) is 30.4 Å². The Morgan fingerprint density at radius 1 is 1.19 bits per heavy atom. The van der Waals surface area contributed by atoms with Crippen molar-refractivity contribution in [2.45, 2.75) is 45.7 Å². The topological polar surface area (TPSA) is 29.9 Å². The third kappa shape index (κ3) is 3.03. The van der Waals surface area contributed by atoms with Crippen LogP contribution in [0, 0.1) is 19.8 Å². The van der Waals surface area contributed by atoms with E-state index >= 15 is 0 Å². The van der Waals surface area contributed by atoms with E-state index in [1.54, 1.807) is 0 Å². The molecule has 1 N–H and O–H groups in total. The van der Waals surface area contributed by atoms with Crippen LogP contribution >= 0.6 is 0 Å². The Balaban J connectivity index is 1.79. The summed E-state index contributed by atoms with van der Waals surface area (Å²) in [5.41, 5.74) is 5.28. The summed E-state index contributed by atoms with van der Waals surface area (Å²) < 4.78 is 1.95. The summed E-state index contributed by atoms with van der Waals surface area (Å²) in [5, 5.41) is 8.20. The Morgan fingerprint density at radius 2 is 1.86 bits per heavy atom. The minimum Gasteiger partial charge on any atom is -0.303 e. The SMILES string of the molecule is Cc1ccc(C(NC(C)c2cnn(C)c2C)C2CC2)cc1. The maximum Gasteiger partial charge on any atom is 0.0540 e. The molecule has 1 aromatic heterocycles. The molecule has 3 heteroatoms. The number of nitrogens with one attached hydrogen (secondary N) is 1. The number of nitrogens with zero attached hydrogens (tertiary/aromatic N) is 2. The van der Waals surface area contributed by atoms with Crippen LogP contribution in [-0.2, 0) is 7.05 Å². The second-order valence-corrected chi connectivity index (χ2v) is 6.42. The molecular weight excluding hydrogens is 258 g/mol. The van der Waals surface area contributed by atoms with Gasteiger partial charge in [-0.05, 0) is 45.1 Å². The molecule has 112 valence electrons. The maximum atomic E-state index is 4.37. The maximum absolute atomic E-state index is 4.37. The smallest absolute Gasteiger partial charge is 0.0540 e. The summed E-state index contributed by atoms with van der Waals surface area (Å²) in [6.07, 6.45) is 4.67. The van der Waals surface area contributed by atoms with E-state index in [0.717, 1.165) is 5.92 Å². The van der Waals surface area contributed by atoms with Gasteiger partial charge in [-0.25, -0.2) is 0 Å². The molecule has 1 aromatic carbocycles. The van der Waals surface area contributed by atoms with E-state index < -0.39 is 0 Å². The van der Waals surface area contributed by atoms with Crippen LogP contribution in [0.1, 0.15) is 54.2 Å². The van der Waals surface area contributed by atoms with Crippen LogP contribution in [-0.4, -0.2) is 9.78 Å². The molecule has 0 bridgehead atoms. The number of hydrogen-bond donors (Lipinski definition) is 1. The Labute approximate surface area is 127 Å². The molecule has 2 atom stereocenters. The summed E-state index contributed by atoms with van der Waals surface area (Å²) in [4.78, 5) is 0. The molecule has 2 aromatic rings. The highest BCUT2D eigenvalue weighted by Gasteiger charge is 2.33. The molecule has 0 saturated heterocycles. The van der Waals surface area contributed by atoms with Gasteiger partial charge in [-0.1, -0.05) is 29.8 Å². The van der Waals surface area contributed by atoms with Gasteiger partial charge in [0.15, 0.2) is 0 Å². The molecule has 1 fully saturated rings. The molecular formula is C18H25N3. The van der Waals surface area contributed by atoms with Crippen molar-refractivity contribution in [1.29, 1.82) is 0 Å². The summed E-state index contributed by atoms with van der Waals surface area (Å²) >= 11 is 0. The van der Waals surface area contributed by atoms with Crippen LogP contribution in [0.25, 0.3) is 0 Å². The lowest BCUT2D eigenvalue weighted by molar-refractivity contribution is 0.426. The highest BCUT2D eigenvalue weighted by Crippen LogP contribution is 2.42. The van der Waals surface area contributed by atoms with Crippen LogP contribution in [0.4, 0.5) is 0 Å². The van der Waals surface area contributed by atoms with E-state index in [1.807, 2.05) is 17.9 Å². The van der Waals surface area contributed by atoms with Gasteiger partial charge in [0.05, 0.1) is 6.20 Å². The molecule has 1 aliphatic carbocycles. The van der Waals surface area contributed by atoms with Crippen LogP contribution in [0.2, 0.25) is 0 Å². The molecule has 0 aliphatic heterocycles. The second kappa shape index (κ2) is 5.64. The van der Waals surface area contributed by atoms with Gasteiger partial charge in [0.25, 0.3) is 0 Å². The van der Waals surface area contributed by atoms with E-state index in [1.165, 1.54) is 35.2 Å². The third-order valence-electron chi connectivity index (χ3n) is 4.70. The fourth-order valence-corrected chi connectivity index (χ4v) is 3.01. The molecule has 21 heavy (non-hydrogen) atoms. The minimum absolute atomic E-state index is 0.325. The number of hydrogen-bond acceptors (Lipinski definition) is 2. The second-order valence-electron chi connectivity index (χ2n) is 6.42. The molecule has 3 nitrogen and oxygen atoms in total. The van der Waals surface area contributed by atoms with Crippen molar-refractivity contribution < 1.29 is 0 Å². The lowest BCUT2D eigenvalue weighted by atomic mass is 9.99. The van der Waals surface area contributed by atoms with E-state index in [0.29, 0.717) is 12.1 Å². The average molecular weight is 283 g/mol. The zero-order valence-electron chi connectivity index (χ0n) is 13.4. The summed E-state index contributed by atoms with van der Waals surface area (Å²) in [6, 6.07) is 9.76. The largest absolute Gasteiger partial charge is 0.303 e. The first-order valence-electron chi connectivity index (χ1n) is 7.87. The van der Waals surface area contributed by atoms with Crippen molar-refractivity contribution in [2.75, 3.05) is 0 Å². The van der Waals surface area contributed by atoms with Crippen molar-refractivity contribution in [2.24, 2.45) is 13.0 Å². The van der Waals surface area contributed by atoms with E-state index in [4.69, 9.17) is 0 Å². The Kier molecular flexibility index (Phi) is 3.85. The van der Waals surface area contributed by atoms with Gasteiger partial charge in [-0.15, -0.1) is 0 Å². The number of aromatic nitrogens is 2. The minimum atomic E-state index is 0.325. The van der Waals surface area contributed by atoms with Gasteiger partial charge >= 0.3 is 0 Å². The molecule has 2 unspecified atom stereocenters. The molecule has 1 heterocycles. The lowest BCUT2D eigenvalue weighted by Gasteiger charge is -2.24. The van der Waals surface area contributed by atoms with Gasteiger partial charge in [0.1, 0.15) is 0 Å². The van der Waals surface area contributed by atoms with Gasteiger partial charge in [-0.2, -0.15) is 5.10 Å². The van der Waals surface area contributed by atoms with Crippen molar-refractivity contribution in [3.63, 3.8) is 0 Å². The first-order valence-corrected chi connectivity index (χ1v) is 7.87. The number of benzene rings is 1. The molecule has 3 rings (SSSR count). The number of aryl methyl sites for hydroxylation is 2. The van der Waals surface area contributed by atoms with Crippen LogP contribution < -0.4 is 5.32 Å². The fourth-order valence-electron chi connectivity index (χ4n) is 3.01. The Hall–Kier alpha value is -1.61. The predicted octanol–water partition coefficient (Wildman–Crippen LogP) is 3.84. The van der Waals surface area contributed by atoms with Crippen molar-refractivity contribution >= 4 is 0 Å². The quantitative estimate of drug-likeness (QED) is 0.903. The predicted molar refractivity (Wildman–Crippen MR) is 86.1 cm³/mol. The molecule has 0 radical (unpaired) electrons. The first-order chi connectivity index (χ1) is 10.1. The lowest BCUT2D eigenvalue weighted by Crippen LogP contribution is -2.26. The van der Waals surface area contributed by atoms with Crippen molar-refractivity contribution in [1.82, 2.24) is 15.1 Å². The number of rotatable bonds is 5. The highest BCUT2D eigenvalue weighted by molar-refractivity contribution is 5.27. The Morgan fingerprint density at radius 3 is 2.38 bits per heavy atom. The zero-order valence-corrected chi connectivity index (χ0v) is 13.4. The Bertz CT molecular complexity index is 608.